The molecule has 150 valence electrons. The van der Waals surface area contributed by atoms with Gasteiger partial charge in [0.1, 0.15) is 5.82 Å². The molecule has 0 aromatic heterocycles. The predicted octanol–water partition coefficient (Wildman–Crippen LogP) is 4.49. The first kappa shape index (κ1) is 21.9. The van der Waals surface area contributed by atoms with Gasteiger partial charge in [-0.15, -0.1) is 0 Å². The van der Waals surface area contributed by atoms with Crippen molar-refractivity contribution in [2.24, 2.45) is 0 Å². The van der Waals surface area contributed by atoms with Crippen molar-refractivity contribution in [1.29, 1.82) is 0 Å². The van der Waals surface area contributed by atoms with Crippen molar-refractivity contribution in [3.8, 4) is 0 Å². The van der Waals surface area contributed by atoms with Crippen LogP contribution in [0.3, 0.4) is 0 Å². The highest BCUT2D eigenvalue weighted by Gasteiger charge is 2.33. The Morgan fingerprint density at radius 1 is 1.11 bits per heavy atom. The van der Waals surface area contributed by atoms with Crippen LogP contribution < -0.4 is 10.6 Å². The molecule has 2 N–H and O–H groups in total. The molecule has 2 aromatic rings. The zero-order valence-electron chi connectivity index (χ0n) is 14.7. The van der Waals surface area contributed by atoms with Crippen LogP contribution in [0.25, 0.3) is 0 Å². The van der Waals surface area contributed by atoms with Crippen LogP contribution in [0.5, 0.6) is 0 Å². The third kappa shape index (κ3) is 6.33. The molecule has 28 heavy (non-hydrogen) atoms. The molecule has 0 heterocycles. The van der Waals surface area contributed by atoms with E-state index < -0.39 is 36.1 Å². The van der Waals surface area contributed by atoms with Gasteiger partial charge in [0, 0.05) is 17.9 Å². The highest BCUT2D eigenvalue weighted by atomic mass is 79.9. The molecule has 2 amide bonds. The molecule has 2 aromatic carbocycles. The highest BCUT2D eigenvalue weighted by Crippen LogP contribution is 2.32. The Hall–Kier alpha value is -2.42. The van der Waals surface area contributed by atoms with Crippen LogP contribution in [-0.4, -0.2) is 11.8 Å². The second-order valence-electron chi connectivity index (χ2n) is 6.08. The minimum absolute atomic E-state index is 0.163. The minimum Gasteiger partial charge on any atom is -0.352 e. The second kappa shape index (κ2) is 9.18. The molecule has 4 nitrogen and oxygen atoms in total. The van der Waals surface area contributed by atoms with Gasteiger partial charge in [0.05, 0.1) is 18.0 Å². The molecule has 0 aliphatic rings. The first-order chi connectivity index (χ1) is 13.1. The van der Waals surface area contributed by atoms with Crippen molar-refractivity contribution in [3.63, 3.8) is 0 Å². The van der Waals surface area contributed by atoms with E-state index in [1.165, 1.54) is 6.92 Å². The van der Waals surface area contributed by atoms with Crippen LogP contribution in [0.2, 0.25) is 0 Å². The van der Waals surface area contributed by atoms with Gasteiger partial charge in [-0.3, -0.25) is 9.59 Å². The van der Waals surface area contributed by atoms with E-state index in [0.717, 1.165) is 16.6 Å². The van der Waals surface area contributed by atoms with E-state index in [0.29, 0.717) is 11.6 Å². The molecule has 2 rings (SSSR count). The van der Waals surface area contributed by atoms with E-state index in [1.807, 2.05) is 0 Å². The molecule has 0 aliphatic carbocycles. The topological polar surface area (TPSA) is 58.2 Å². The van der Waals surface area contributed by atoms with Crippen LogP contribution in [0.4, 0.5) is 17.6 Å². The van der Waals surface area contributed by atoms with E-state index in [4.69, 9.17) is 0 Å². The number of alkyl halides is 3. The van der Waals surface area contributed by atoms with Gasteiger partial charge in [-0.2, -0.15) is 13.2 Å². The molecular formula is C19H17BrF4N2O2. The van der Waals surface area contributed by atoms with Crippen molar-refractivity contribution in [1.82, 2.24) is 10.6 Å². The lowest BCUT2D eigenvalue weighted by atomic mass is 10.0. The van der Waals surface area contributed by atoms with E-state index in [9.17, 15) is 27.2 Å². The zero-order chi connectivity index (χ0) is 20.9. The van der Waals surface area contributed by atoms with E-state index >= 15 is 0 Å². The maximum atomic E-state index is 13.2. The lowest BCUT2D eigenvalue weighted by Gasteiger charge is -2.19. The van der Waals surface area contributed by atoms with Crippen LogP contribution in [0.15, 0.2) is 46.9 Å². The number of nitrogens with one attached hydrogen (secondary N) is 2. The lowest BCUT2D eigenvalue weighted by Crippen LogP contribution is -2.32. The zero-order valence-corrected chi connectivity index (χ0v) is 16.3. The molecular weight excluding hydrogens is 444 g/mol. The summed E-state index contributed by atoms with van der Waals surface area (Å²) in [5, 5.41) is 5.04. The Bertz CT molecular complexity index is 854. The van der Waals surface area contributed by atoms with Crippen LogP contribution in [0.1, 0.15) is 36.1 Å². The fourth-order valence-electron chi connectivity index (χ4n) is 2.61. The fourth-order valence-corrected chi connectivity index (χ4v) is 2.88. The molecule has 0 radical (unpaired) electrons. The van der Waals surface area contributed by atoms with Crippen molar-refractivity contribution in [2.45, 2.75) is 32.1 Å². The SMILES string of the molecule is CC(=O)NC(CC(=O)NCc1ccc(F)cc1C(F)(F)F)c1ccc(Br)cc1. The Kier molecular flexibility index (Phi) is 7.17. The number of hydrogen-bond donors (Lipinski definition) is 2. The van der Waals surface area contributed by atoms with Crippen molar-refractivity contribution < 1.29 is 27.2 Å². The van der Waals surface area contributed by atoms with E-state index in [1.54, 1.807) is 24.3 Å². The van der Waals surface area contributed by atoms with Crippen molar-refractivity contribution >= 4 is 27.7 Å². The van der Waals surface area contributed by atoms with Gasteiger partial charge in [-0.05, 0) is 35.4 Å². The normalized spacial score (nSPS) is 12.4. The number of rotatable bonds is 6. The van der Waals surface area contributed by atoms with Gasteiger partial charge in [0.15, 0.2) is 0 Å². The van der Waals surface area contributed by atoms with Crippen LogP contribution in [0, 0.1) is 5.82 Å². The molecule has 0 aliphatic heterocycles. The van der Waals surface area contributed by atoms with Crippen molar-refractivity contribution in [3.05, 3.63) is 69.4 Å². The summed E-state index contributed by atoms with van der Waals surface area (Å²) in [6.45, 7) is 0.888. The summed E-state index contributed by atoms with van der Waals surface area (Å²) >= 11 is 3.29. The van der Waals surface area contributed by atoms with E-state index in [2.05, 4.69) is 26.6 Å². The Balaban J connectivity index is 2.09. The summed E-state index contributed by atoms with van der Waals surface area (Å²) in [5.41, 5.74) is -0.715. The number of amides is 2. The highest BCUT2D eigenvalue weighted by molar-refractivity contribution is 9.10. The smallest absolute Gasteiger partial charge is 0.352 e. The maximum absolute atomic E-state index is 13.2. The van der Waals surface area contributed by atoms with Gasteiger partial charge in [-0.1, -0.05) is 34.1 Å². The van der Waals surface area contributed by atoms with Crippen molar-refractivity contribution in [2.75, 3.05) is 0 Å². The maximum Gasteiger partial charge on any atom is 0.416 e. The van der Waals surface area contributed by atoms with Gasteiger partial charge in [0.2, 0.25) is 11.8 Å². The first-order valence-electron chi connectivity index (χ1n) is 8.21. The molecule has 0 fully saturated rings. The third-order valence-corrected chi connectivity index (χ3v) is 4.42. The molecule has 1 unspecified atom stereocenters. The molecule has 0 bridgehead atoms. The molecule has 0 saturated heterocycles. The average Bonchev–Trinajstić information content (AvgIpc) is 2.59. The number of hydrogen-bond acceptors (Lipinski definition) is 2. The predicted molar refractivity (Wildman–Crippen MR) is 98.6 cm³/mol. The number of halogens is 5. The Morgan fingerprint density at radius 2 is 1.75 bits per heavy atom. The summed E-state index contributed by atoms with van der Waals surface area (Å²) in [6.07, 6.45) is -4.90. The van der Waals surface area contributed by atoms with Gasteiger partial charge in [-0.25, -0.2) is 4.39 Å². The summed E-state index contributed by atoms with van der Waals surface area (Å²) in [6, 6.07) is 8.58. The summed E-state index contributed by atoms with van der Waals surface area (Å²) in [4.78, 5) is 23.7. The van der Waals surface area contributed by atoms with E-state index in [-0.39, 0.29) is 17.9 Å². The second-order valence-corrected chi connectivity index (χ2v) is 7.00. The van der Waals surface area contributed by atoms with Crippen LogP contribution >= 0.6 is 15.9 Å². The number of benzene rings is 2. The Labute approximate surface area is 167 Å². The Morgan fingerprint density at radius 3 is 2.32 bits per heavy atom. The lowest BCUT2D eigenvalue weighted by molar-refractivity contribution is -0.138. The quantitative estimate of drug-likeness (QED) is 0.623. The minimum atomic E-state index is -4.74. The fraction of sp³-hybridized carbons (Fsp3) is 0.263. The summed E-state index contributed by atoms with van der Waals surface area (Å²) in [5.74, 6) is -1.92. The number of carbonyl (C=O) groups excluding carboxylic acids is 2. The third-order valence-electron chi connectivity index (χ3n) is 3.89. The van der Waals surface area contributed by atoms with Gasteiger partial charge >= 0.3 is 6.18 Å². The monoisotopic (exact) mass is 460 g/mol. The van der Waals surface area contributed by atoms with Gasteiger partial charge in [0.25, 0.3) is 0 Å². The molecule has 0 saturated carbocycles. The van der Waals surface area contributed by atoms with Gasteiger partial charge < -0.3 is 10.6 Å². The average molecular weight is 461 g/mol. The summed E-state index contributed by atoms with van der Waals surface area (Å²) < 4.78 is 53.1. The largest absolute Gasteiger partial charge is 0.416 e. The number of carbonyl (C=O) groups is 2. The molecule has 9 heteroatoms. The summed E-state index contributed by atoms with van der Waals surface area (Å²) in [7, 11) is 0. The first-order valence-corrected chi connectivity index (χ1v) is 9.00. The molecule has 0 spiro atoms. The van der Waals surface area contributed by atoms with Crippen LogP contribution in [-0.2, 0) is 22.3 Å². The molecule has 1 atom stereocenters. The standard InChI is InChI=1S/C19H17BrF4N2O2/c1-11(27)26-17(12-2-5-14(20)6-3-12)9-18(28)25-10-13-4-7-15(21)8-16(13)19(22,23)24/h2-8,17H,9-10H2,1H3,(H,25,28)(H,26,27).